The minimum Gasteiger partial charge on any atom is -0.451 e. The first kappa shape index (κ1) is 22.6. The average Bonchev–Trinajstić information content (AvgIpc) is 2.52. The summed E-state index contributed by atoms with van der Waals surface area (Å²) in [5.41, 5.74) is -0.115. The molecule has 8 heteroatoms. The van der Waals surface area contributed by atoms with Crippen LogP contribution in [0.1, 0.15) is 27.7 Å². The van der Waals surface area contributed by atoms with E-state index in [9.17, 15) is 24.6 Å². The van der Waals surface area contributed by atoms with Crippen LogP contribution in [-0.4, -0.2) is 52.7 Å². The standard InChI is InChI=1S/C17H24O8/c1-9(2)14(20)23-12(7)17(13(19)8-18,24-15(21)10(3)4)25-16(22)11(5)6/h12-13,18-19H,1,3,5,8H2,2,4,6-7H3. The fraction of sp³-hybridized carbons (Fsp3) is 0.471. The van der Waals surface area contributed by atoms with Crippen molar-refractivity contribution in [3.05, 3.63) is 36.5 Å². The van der Waals surface area contributed by atoms with Crippen molar-refractivity contribution in [3.8, 4) is 0 Å². The molecule has 25 heavy (non-hydrogen) atoms. The number of ether oxygens (including phenoxy) is 3. The molecule has 0 rings (SSSR count). The van der Waals surface area contributed by atoms with Gasteiger partial charge in [-0.05, 0) is 27.7 Å². The molecule has 2 unspecified atom stereocenters. The van der Waals surface area contributed by atoms with Crippen molar-refractivity contribution in [3.63, 3.8) is 0 Å². The van der Waals surface area contributed by atoms with E-state index in [0.29, 0.717) is 0 Å². The van der Waals surface area contributed by atoms with Crippen molar-refractivity contribution in [2.24, 2.45) is 0 Å². The first-order chi connectivity index (χ1) is 11.4. The molecule has 0 spiro atoms. The molecule has 140 valence electrons. The van der Waals surface area contributed by atoms with Gasteiger partial charge in [0.2, 0.25) is 0 Å². The Hall–Kier alpha value is -2.45. The van der Waals surface area contributed by atoms with Gasteiger partial charge in [0, 0.05) is 16.7 Å². The summed E-state index contributed by atoms with van der Waals surface area (Å²) in [5, 5.41) is 19.5. The molecule has 0 heterocycles. The van der Waals surface area contributed by atoms with Crippen LogP contribution in [0, 0.1) is 0 Å². The van der Waals surface area contributed by atoms with E-state index in [1.54, 1.807) is 0 Å². The van der Waals surface area contributed by atoms with Gasteiger partial charge in [-0.3, -0.25) is 0 Å². The summed E-state index contributed by atoms with van der Waals surface area (Å²) in [5.74, 6) is -5.44. The van der Waals surface area contributed by atoms with Crippen LogP contribution in [0.5, 0.6) is 0 Å². The SMILES string of the molecule is C=C(C)C(=O)OC(C)C(OC(=O)C(=C)C)(OC(=O)C(=C)C)C(O)CO. The Kier molecular flexibility index (Phi) is 8.25. The maximum atomic E-state index is 12.0. The lowest BCUT2D eigenvalue weighted by molar-refractivity contribution is -0.295. The molecule has 0 amide bonds. The van der Waals surface area contributed by atoms with Crippen molar-refractivity contribution in [2.75, 3.05) is 6.61 Å². The van der Waals surface area contributed by atoms with Crippen molar-refractivity contribution in [1.82, 2.24) is 0 Å². The van der Waals surface area contributed by atoms with Gasteiger partial charge in [-0.15, -0.1) is 0 Å². The van der Waals surface area contributed by atoms with Crippen molar-refractivity contribution >= 4 is 17.9 Å². The van der Waals surface area contributed by atoms with E-state index < -0.39 is 42.5 Å². The largest absolute Gasteiger partial charge is 0.451 e. The monoisotopic (exact) mass is 356 g/mol. The highest BCUT2D eigenvalue weighted by Gasteiger charge is 2.53. The Bertz CT molecular complexity index is 561. The maximum Gasteiger partial charge on any atom is 0.336 e. The zero-order chi connectivity index (χ0) is 19.9. The van der Waals surface area contributed by atoms with Gasteiger partial charge < -0.3 is 24.4 Å². The van der Waals surface area contributed by atoms with Crippen LogP contribution in [-0.2, 0) is 28.6 Å². The number of hydrogen-bond donors (Lipinski definition) is 2. The molecule has 0 fully saturated rings. The zero-order valence-electron chi connectivity index (χ0n) is 14.8. The van der Waals surface area contributed by atoms with Gasteiger partial charge in [0.15, 0.2) is 12.2 Å². The molecule has 0 aromatic rings. The maximum absolute atomic E-state index is 12.0. The Morgan fingerprint density at radius 3 is 1.56 bits per heavy atom. The first-order valence-electron chi connectivity index (χ1n) is 7.32. The molecule has 2 atom stereocenters. The second-order valence-corrected chi connectivity index (χ2v) is 5.59. The first-order valence-corrected chi connectivity index (χ1v) is 7.32. The van der Waals surface area contributed by atoms with Gasteiger partial charge in [-0.1, -0.05) is 19.7 Å². The van der Waals surface area contributed by atoms with Crippen molar-refractivity contribution < 1.29 is 38.8 Å². The zero-order valence-corrected chi connectivity index (χ0v) is 14.8. The lowest BCUT2D eigenvalue weighted by atomic mass is 10.0. The average molecular weight is 356 g/mol. The van der Waals surface area contributed by atoms with E-state index >= 15 is 0 Å². The molecule has 0 saturated heterocycles. The number of rotatable bonds is 9. The summed E-state index contributed by atoms with van der Waals surface area (Å²) in [6, 6.07) is 0. The van der Waals surface area contributed by atoms with E-state index in [1.807, 2.05) is 0 Å². The molecule has 0 bridgehead atoms. The minimum absolute atomic E-state index is 0.0247. The summed E-state index contributed by atoms with van der Waals surface area (Å²) in [7, 11) is 0. The van der Waals surface area contributed by atoms with Gasteiger partial charge in [0.05, 0.1) is 6.61 Å². The molecular formula is C17H24O8. The number of carbonyl (C=O) groups is 3. The second-order valence-electron chi connectivity index (χ2n) is 5.59. The normalized spacial score (nSPS) is 13.2. The van der Waals surface area contributed by atoms with Crippen molar-refractivity contribution in [2.45, 2.75) is 45.7 Å². The molecular weight excluding hydrogens is 332 g/mol. The number of aliphatic hydroxyl groups excluding tert-OH is 2. The molecule has 0 radical (unpaired) electrons. The van der Waals surface area contributed by atoms with Gasteiger partial charge in [-0.25, -0.2) is 14.4 Å². The van der Waals surface area contributed by atoms with Crippen LogP contribution in [0.4, 0.5) is 0 Å². The fourth-order valence-corrected chi connectivity index (χ4v) is 1.53. The van der Waals surface area contributed by atoms with E-state index in [4.69, 9.17) is 14.2 Å². The van der Waals surface area contributed by atoms with Crippen LogP contribution < -0.4 is 0 Å². The molecule has 0 aliphatic heterocycles. The van der Waals surface area contributed by atoms with Gasteiger partial charge >= 0.3 is 23.7 Å². The summed E-state index contributed by atoms with van der Waals surface area (Å²) in [4.78, 5) is 35.7. The van der Waals surface area contributed by atoms with Gasteiger partial charge in [-0.2, -0.15) is 0 Å². The summed E-state index contributed by atoms with van der Waals surface area (Å²) in [6.07, 6.45) is -3.39. The predicted octanol–water partition coefficient (Wildman–Crippen LogP) is 0.782. The van der Waals surface area contributed by atoms with Crippen LogP contribution in [0.15, 0.2) is 36.5 Å². The highest BCUT2D eigenvalue weighted by atomic mass is 16.8. The highest BCUT2D eigenvalue weighted by Crippen LogP contribution is 2.28. The smallest absolute Gasteiger partial charge is 0.336 e. The molecule has 0 aromatic heterocycles. The molecule has 0 aliphatic carbocycles. The number of aliphatic hydroxyl groups is 2. The van der Waals surface area contributed by atoms with Crippen LogP contribution in [0.3, 0.4) is 0 Å². The van der Waals surface area contributed by atoms with Crippen LogP contribution in [0.2, 0.25) is 0 Å². The predicted molar refractivity (Wildman–Crippen MR) is 88.0 cm³/mol. The Morgan fingerprint density at radius 1 is 0.920 bits per heavy atom. The molecule has 0 saturated carbocycles. The van der Waals surface area contributed by atoms with E-state index in [0.717, 1.165) is 0 Å². The molecule has 0 aromatic carbocycles. The highest BCUT2D eigenvalue weighted by molar-refractivity contribution is 5.89. The summed E-state index contributed by atoms with van der Waals surface area (Å²) < 4.78 is 15.2. The van der Waals surface area contributed by atoms with E-state index in [1.165, 1.54) is 27.7 Å². The third-order valence-corrected chi connectivity index (χ3v) is 3.04. The summed E-state index contributed by atoms with van der Waals surface area (Å²) in [6.45, 7) is 14.5. The number of esters is 3. The second kappa shape index (κ2) is 9.14. The topological polar surface area (TPSA) is 119 Å². The van der Waals surface area contributed by atoms with Crippen molar-refractivity contribution in [1.29, 1.82) is 0 Å². The number of carbonyl (C=O) groups excluding carboxylic acids is 3. The Morgan fingerprint density at radius 2 is 1.28 bits per heavy atom. The molecule has 2 N–H and O–H groups in total. The summed E-state index contributed by atoms with van der Waals surface area (Å²) >= 11 is 0. The van der Waals surface area contributed by atoms with E-state index in [2.05, 4.69) is 19.7 Å². The lowest BCUT2D eigenvalue weighted by Gasteiger charge is -2.39. The minimum atomic E-state index is -2.51. The van der Waals surface area contributed by atoms with Crippen LogP contribution in [0.25, 0.3) is 0 Å². The van der Waals surface area contributed by atoms with E-state index in [-0.39, 0.29) is 16.7 Å². The quantitative estimate of drug-likeness (QED) is 0.353. The lowest BCUT2D eigenvalue weighted by Crippen LogP contribution is -2.60. The molecule has 0 aliphatic rings. The third-order valence-electron chi connectivity index (χ3n) is 3.04. The number of hydrogen-bond acceptors (Lipinski definition) is 8. The van der Waals surface area contributed by atoms with Crippen LogP contribution >= 0.6 is 0 Å². The Labute approximate surface area is 146 Å². The molecule has 8 nitrogen and oxygen atoms in total. The third kappa shape index (κ3) is 5.84. The van der Waals surface area contributed by atoms with Gasteiger partial charge in [0.25, 0.3) is 0 Å². The fourth-order valence-electron chi connectivity index (χ4n) is 1.53. The van der Waals surface area contributed by atoms with Gasteiger partial charge in [0.1, 0.15) is 0 Å². The Balaban J connectivity index is 6.05.